The number of benzene rings is 2. The van der Waals surface area contributed by atoms with Crippen molar-refractivity contribution in [1.29, 1.82) is 0 Å². The second-order valence-corrected chi connectivity index (χ2v) is 9.84. The largest absolute Gasteiger partial charge is 0.350 e. The van der Waals surface area contributed by atoms with Crippen LogP contribution in [0.15, 0.2) is 59.6 Å². The predicted molar refractivity (Wildman–Crippen MR) is 131 cm³/mol. The molecule has 0 radical (unpaired) electrons. The van der Waals surface area contributed by atoms with Crippen LogP contribution in [0, 0.1) is 5.92 Å². The van der Waals surface area contributed by atoms with Crippen molar-refractivity contribution >= 4 is 28.7 Å². The minimum absolute atomic E-state index is 0.0141. The zero-order valence-corrected chi connectivity index (χ0v) is 19.0. The van der Waals surface area contributed by atoms with E-state index < -0.39 is 0 Å². The first-order valence-corrected chi connectivity index (χ1v) is 12.4. The molecular formula is C27H31N5O. The summed E-state index contributed by atoms with van der Waals surface area (Å²) in [5, 5.41) is 7.31. The van der Waals surface area contributed by atoms with E-state index in [1.54, 1.807) is 0 Å². The smallest absolute Gasteiger partial charge is 0.211 e. The van der Waals surface area contributed by atoms with Crippen LogP contribution in [0.3, 0.4) is 0 Å². The van der Waals surface area contributed by atoms with Crippen molar-refractivity contribution in [3.05, 3.63) is 60.2 Å². The van der Waals surface area contributed by atoms with Crippen LogP contribution < -0.4 is 10.6 Å². The monoisotopic (exact) mass is 441 g/mol. The Labute approximate surface area is 194 Å². The Morgan fingerprint density at radius 2 is 1.79 bits per heavy atom. The molecule has 1 aromatic heterocycles. The minimum atomic E-state index is -0.166. The molecule has 2 atom stereocenters. The van der Waals surface area contributed by atoms with Gasteiger partial charge in [0, 0.05) is 6.42 Å². The molecule has 33 heavy (non-hydrogen) atoms. The number of carbonyl (C=O) groups excluding carboxylic acids is 1. The average molecular weight is 442 g/mol. The molecule has 0 amide bonds. The molecule has 2 N–H and O–H groups in total. The van der Waals surface area contributed by atoms with Crippen LogP contribution in [-0.4, -0.2) is 32.9 Å². The lowest BCUT2D eigenvalue weighted by Gasteiger charge is -2.50. The van der Waals surface area contributed by atoms with Gasteiger partial charge in [-0.05, 0) is 43.4 Å². The molecule has 6 heteroatoms. The van der Waals surface area contributed by atoms with Gasteiger partial charge in [0.2, 0.25) is 5.95 Å². The number of aliphatic imine (C=N–C) groups is 1. The quantitative estimate of drug-likeness (QED) is 0.607. The van der Waals surface area contributed by atoms with Gasteiger partial charge < -0.3 is 9.88 Å². The number of para-hydroxylation sites is 2. The van der Waals surface area contributed by atoms with E-state index in [0.717, 1.165) is 55.2 Å². The third-order valence-corrected chi connectivity index (χ3v) is 7.73. The Morgan fingerprint density at radius 3 is 2.64 bits per heavy atom. The molecule has 6 nitrogen and oxygen atoms in total. The second-order valence-electron chi connectivity index (χ2n) is 9.84. The Bertz CT molecular complexity index is 1190. The summed E-state index contributed by atoms with van der Waals surface area (Å²) in [7, 11) is 0. The van der Waals surface area contributed by atoms with Crippen LogP contribution in [0.1, 0.15) is 56.9 Å². The maximum absolute atomic E-state index is 13.0. The van der Waals surface area contributed by atoms with E-state index in [1.807, 2.05) is 12.1 Å². The van der Waals surface area contributed by atoms with Gasteiger partial charge in [-0.3, -0.25) is 10.1 Å². The van der Waals surface area contributed by atoms with Crippen LogP contribution in [0.2, 0.25) is 0 Å². The number of guanidine groups is 1. The molecule has 0 saturated heterocycles. The van der Waals surface area contributed by atoms with Gasteiger partial charge in [0.25, 0.3) is 0 Å². The fraction of sp³-hybridized carbons (Fsp3) is 0.444. The number of hydrogen-bond acceptors (Lipinski definition) is 5. The van der Waals surface area contributed by atoms with Gasteiger partial charge in [-0.1, -0.05) is 61.7 Å². The van der Waals surface area contributed by atoms with Gasteiger partial charge in [0.15, 0.2) is 5.96 Å². The summed E-state index contributed by atoms with van der Waals surface area (Å²) in [4.78, 5) is 23.0. The lowest BCUT2D eigenvalue weighted by molar-refractivity contribution is -0.129. The number of aromatic nitrogens is 2. The number of imidazole rings is 1. The van der Waals surface area contributed by atoms with E-state index in [-0.39, 0.29) is 17.5 Å². The Hall–Kier alpha value is -3.15. The summed E-state index contributed by atoms with van der Waals surface area (Å²) in [5.41, 5.74) is 3.12. The number of nitrogens with zero attached hydrogens (tertiary/aromatic N) is 3. The highest BCUT2D eigenvalue weighted by molar-refractivity contribution is 5.97. The van der Waals surface area contributed by atoms with Crippen molar-refractivity contribution in [2.45, 2.75) is 69.5 Å². The Morgan fingerprint density at radius 1 is 1.00 bits per heavy atom. The van der Waals surface area contributed by atoms with Crippen molar-refractivity contribution in [1.82, 2.24) is 14.9 Å². The van der Waals surface area contributed by atoms with Gasteiger partial charge in [-0.2, -0.15) is 0 Å². The highest BCUT2D eigenvalue weighted by Gasteiger charge is 2.51. The maximum Gasteiger partial charge on any atom is 0.211 e. The number of fused-ring (bicyclic) bond motifs is 3. The molecule has 2 aromatic carbocycles. The highest BCUT2D eigenvalue weighted by atomic mass is 16.1. The molecule has 2 fully saturated rings. The van der Waals surface area contributed by atoms with Gasteiger partial charge in [-0.25, -0.2) is 9.98 Å². The SMILES string of the molecule is O=C1CCCC2N=C(Nc3nc4ccccc4n3Cc3ccccc3)NC3(CCCCC3)C12. The molecule has 3 aliphatic rings. The molecule has 1 spiro atoms. The van der Waals surface area contributed by atoms with Crippen molar-refractivity contribution < 1.29 is 4.79 Å². The third-order valence-electron chi connectivity index (χ3n) is 7.73. The van der Waals surface area contributed by atoms with E-state index in [0.29, 0.717) is 12.2 Å². The van der Waals surface area contributed by atoms with Crippen molar-refractivity contribution in [3.8, 4) is 0 Å². The average Bonchev–Trinajstić information content (AvgIpc) is 3.17. The summed E-state index contributed by atoms with van der Waals surface area (Å²) < 4.78 is 2.22. The van der Waals surface area contributed by atoms with Crippen LogP contribution in [0.25, 0.3) is 11.0 Å². The first-order valence-electron chi connectivity index (χ1n) is 12.4. The molecule has 1 aliphatic heterocycles. The number of rotatable bonds is 3. The highest BCUT2D eigenvalue weighted by Crippen LogP contribution is 2.43. The number of ketones is 1. The molecule has 3 aromatic rings. The van der Waals surface area contributed by atoms with Crippen LogP contribution in [0.4, 0.5) is 5.95 Å². The van der Waals surface area contributed by atoms with Gasteiger partial charge in [-0.15, -0.1) is 0 Å². The molecule has 2 saturated carbocycles. The topological polar surface area (TPSA) is 71.3 Å². The van der Waals surface area contributed by atoms with Gasteiger partial charge >= 0.3 is 0 Å². The molecule has 170 valence electrons. The predicted octanol–water partition coefficient (Wildman–Crippen LogP) is 4.90. The van der Waals surface area contributed by atoms with Gasteiger partial charge in [0.1, 0.15) is 5.78 Å². The van der Waals surface area contributed by atoms with E-state index in [2.05, 4.69) is 57.7 Å². The molecular weight excluding hydrogens is 410 g/mol. The Balaban J connectivity index is 1.37. The second kappa shape index (κ2) is 8.32. The maximum atomic E-state index is 13.0. The standard InChI is InChI=1S/C27H31N5O/c33-23-15-9-13-21-24(23)27(16-7-2-8-17-27)31-25(28-21)30-26-29-20-12-5-6-14-22(20)32(26)18-19-10-3-1-4-11-19/h1,3-6,10-12,14,21,24H,2,7-9,13,15-18H2,(H2,28,29,30,31). The van der Waals surface area contributed by atoms with E-state index in [1.165, 1.54) is 24.8 Å². The van der Waals surface area contributed by atoms with Crippen molar-refractivity contribution in [3.63, 3.8) is 0 Å². The van der Waals surface area contributed by atoms with E-state index >= 15 is 0 Å². The molecule has 2 aliphatic carbocycles. The van der Waals surface area contributed by atoms with Crippen LogP contribution in [0.5, 0.6) is 0 Å². The fourth-order valence-corrected chi connectivity index (χ4v) is 6.23. The van der Waals surface area contributed by atoms with E-state index in [9.17, 15) is 4.79 Å². The van der Waals surface area contributed by atoms with Gasteiger partial charge in [0.05, 0.1) is 35.1 Å². The zero-order valence-electron chi connectivity index (χ0n) is 19.0. The van der Waals surface area contributed by atoms with Crippen LogP contribution >= 0.6 is 0 Å². The molecule has 2 heterocycles. The summed E-state index contributed by atoms with van der Waals surface area (Å²) in [6.45, 7) is 0.729. The molecule has 0 bridgehead atoms. The fourth-order valence-electron chi connectivity index (χ4n) is 6.23. The number of nitrogens with one attached hydrogen (secondary N) is 2. The molecule has 2 unspecified atom stereocenters. The number of Topliss-reactive ketones (excluding diaryl/α,β-unsaturated/α-hetero) is 1. The first-order chi connectivity index (χ1) is 16.2. The number of hydrogen-bond donors (Lipinski definition) is 2. The minimum Gasteiger partial charge on any atom is -0.350 e. The first kappa shape index (κ1) is 20.5. The van der Waals surface area contributed by atoms with Crippen molar-refractivity contribution in [2.24, 2.45) is 10.9 Å². The van der Waals surface area contributed by atoms with Crippen LogP contribution in [-0.2, 0) is 11.3 Å². The summed E-state index contributed by atoms with van der Waals surface area (Å²) in [5.74, 6) is 1.98. The zero-order chi connectivity index (χ0) is 22.3. The summed E-state index contributed by atoms with van der Waals surface area (Å²) in [6, 6.07) is 18.8. The van der Waals surface area contributed by atoms with Crippen molar-refractivity contribution in [2.75, 3.05) is 5.32 Å². The summed E-state index contributed by atoms with van der Waals surface area (Å²) in [6.07, 6.45) is 8.32. The Kier molecular flexibility index (Phi) is 5.16. The molecule has 6 rings (SSSR count). The summed E-state index contributed by atoms with van der Waals surface area (Å²) >= 11 is 0. The third kappa shape index (κ3) is 3.71. The van der Waals surface area contributed by atoms with E-state index in [4.69, 9.17) is 9.98 Å². The number of carbonyl (C=O) groups is 1. The lowest BCUT2D eigenvalue weighted by atomic mass is 9.64. The normalized spacial score (nSPS) is 24.2. The number of anilines is 1. The lowest BCUT2D eigenvalue weighted by Crippen LogP contribution is -2.65.